The maximum atomic E-state index is 14.2. The molecular weight excluding hydrogens is 393 g/mol. The SMILES string of the molecule is C[C@H](c1ccc(F)c2ccccc12)N(CCC[C@H]1CC(=O)c2ccccc2C1)C(=O)O. The van der Waals surface area contributed by atoms with Crippen molar-refractivity contribution in [2.24, 2.45) is 5.92 Å². The van der Waals surface area contributed by atoms with Crippen LogP contribution in [0.25, 0.3) is 10.8 Å². The first kappa shape index (κ1) is 21.0. The summed E-state index contributed by atoms with van der Waals surface area (Å²) in [7, 11) is 0. The van der Waals surface area contributed by atoms with Crippen LogP contribution in [-0.2, 0) is 6.42 Å². The zero-order valence-electron chi connectivity index (χ0n) is 17.6. The van der Waals surface area contributed by atoms with Crippen LogP contribution in [0.1, 0.15) is 53.7 Å². The minimum absolute atomic E-state index is 0.174. The van der Waals surface area contributed by atoms with E-state index in [2.05, 4.69) is 0 Å². The molecule has 3 aromatic carbocycles. The molecule has 1 N–H and O–H groups in total. The minimum atomic E-state index is -0.994. The normalized spacial score (nSPS) is 16.7. The highest BCUT2D eigenvalue weighted by molar-refractivity contribution is 5.98. The number of carbonyl (C=O) groups is 2. The lowest BCUT2D eigenvalue weighted by Gasteiger charge is -2.29. The maximum Gasteiger partial charge on any atom is 0.407 e. The van der Waals surface area contributed by atoms with Crippen molar-refractivity contribution < 1.29 is 19.1 Å². The Morgan fingerprint density at radius 3 is 2.55 bits per heavy atom. The number of Topliss-reactive ketones (excluding diaryl/α,β-unsaturated/α-hetero) is 1. The van der Waals surface area contributed by atoms with E-state index in [9.17, 15) is 19.1 Å². The Kier molecular flexibility index (Phi) is 6.03. The number of carboxylic acid groups (broad SMARTS) is 1. The van der Waals surface area contributed by atoms with Crippen molar-refractivity contribution in [2.75, 3.05) is 6.54 Å². The molecule has 0 fully saturated rings. The Labute approximate surface area is 181 Å². The lowest BCUT2D eigenvalue weighted by Crippen LogP contribution is -2.33. The van der Waals surface area contributed by atoms with Crippen LogP contribution in [0.3, 0.4) is 0 Å². The Bertz CT molecular complexity index is 1130. The number of benzene rings is 3. The maximum absolute atomic E-state index is 14.2. The summed E-state index contributed by atoms with van der Waals surface area (Å²) in [5.41, 5.74) is 2.70. The average Bonchev–Trinajstić information content (AvgIpc) is 2.76. The third-order valence-electron chi connectivity index (χ3n) is 6.38. The van der Waals surface area contributed by atoms with Crippen molar-refractivity contribution in [2.45, 2.75) is 38.6 Å². The van der Waals surface area contributed by atoms with Crippen molar-refractivity contribution in [3.8, 4) is 0 Å². The summed E-state index contributed by atoms with van der Waals surface area (Å²) in [5, 5.41) is 11.1. The van der Waals surface area contributed by atoms with Gasteiger partial charge in [0.25, 0.3) is 0 Å². The summed E-state index contributed by atoms with van der Waals surface area (Å²) in [5.74, 6) is 0.101. The molecule has 0 saturated carbocycles. The van der Waals surface area contributed by atoms with Gasteiger partial charge in [0.05, 0.1) is 6.04 Å². The topological polar surface area (TPSA) is 57.6 Å². The van der Waals surface area contributed by atoms with Gasteiger partial charge in [-0.2, -0.15) is 0 Å². The molecule has 0 unspecified atom stereocenters. The fraction of sp³-hybridized carbons (Fsp3) is 0.308. The molecule has 0 radical (unpaired) electrons. The number of hydrogen-bond donors (Lipinski definition) is 1. The molecule has 4 rings (SSSR count). The van der Waals surface area contributed by atoms with Gasteiger partial charge in [-0.25, -0.2) is 9.18 Å². The first-order chi connectivity index (χ1) is 15.0. The van der Waals surface area contributed by atoms with E-state index in [0.717, 1.165) is 34.9 Å². The molecule has 0 aromatic heterocycles. The third kappa shape index (κ3) is 4.31. The number of fused-ring (bicyclic) bond motifs is 2. The highest BCUT2D eigenvalue weighted by Gasteiger charge is 2.26. The van der Waals surface area contributed by atoms with Crippen LogP contribution in [0.15, 0.2) is 60.7 Å². The zero-order chi connectivity index (χ0) is 22.0. The van der Waals surface area contributed by atoms with Crippen LogP contribution in [0, 0.1) is 11.7 Å². The van der Waals surface area contributed by atoms with Crippen LogP contribution in [0.2, 0.25) is 0 Å². The summed E-state index contributed by atoms with van der Waals surface area (Å²) in [6, 6.07) is 17.6. The van der Waals surface area contributed by atoms with E-state index in [4.69, 9.17) is 0 Å². The molecule has 0 spiro atoms. The number of nitrogens with zero attached hydrogens (tertiary/aromatic N) is 1. The van der Waals surface area contributed by atoms with E-state index in [1.807, 2.05) is 43.3 Å². The lowest BCUT2D eigenvalue weighted by atomic mass is 9.81. The second kappa shape index (κ2) is 8.88. The Morgan fingerprint density at radius 2 is 1.77 bits per heavy atom. The molecule has 0 aliphatic heterocycles. The summed E-state index contributed by atoms with van der Waals surface area (Å²) in [6.07, 6.45) is 1.84. The van der Waals surface area contributed by atoms with E-state index in [-0.39, 0.29) is 17.5 Å². The molecule has 5 heteroatoms. The molecule has 0 heterocycles. The van der Waals surface area contributed by atoms with Crippen molar-refractivity contribution in [3.05, 3.63) is 83.2 Å². The number of carbonyl (C=O) groups excluding carboxylic acids is 1. The quantitative estimate of drug-likeness (QED) is 0.514. The Balaban J connectivity index is 1.45. The number of halogens is 1. The molecule has 1 amide bonds. The largest absolute Gasteiger partial charge is 0.465 e. The van der Waals surface area contributed by atoms with Crippen molar-refractivity contribution >= 4 is 22.6 Å². The molecule has 31 heavy (non-hydrogen) atoms. The molecule has 0 bridgehead atoms. The highest BCUT2D eigenvalue weighted by atomic mass is 19.1. The molecule has 1 aliphatic rings. The molecule has 4 nitrogen and oxygen atoms in total. The van der Waals surface area contributed by atoms with Gasteiger partial charge in [0.1, 0.15) is 5.82 Å². The second-order valence-electron chi connectivity index (χ2n) is 8.33. The van der Waals surface area contributed by atoms with Crippen molar-refractivity contribution in [3.63, 3.8) is 0 Å². The van der Waals surface area contributed by atoms with Gasteiger partial charge >= 0.3 is 6.09 Å². The van der Waals surface area contributed by atoms with Crippen LogP contribution in [0.5, 0.6) is 0 Å². The number of amides is 1. The minimum Gasteiger partial charge on any atom is -0.465 e. The number of ketones is 1. The molecule has 3 aromatic rings. The first-order valence-electron chi connectivity index (χ1n) is 10.7. The van der Waals surface area contributed by atoms with Crippen LogP contribution in [-0.4, -0.2) is 28.4 Å². The van der Waals surface area contributed by atoms with Crippen molar-refractivity contribution in [1.29, 1.82) is 0 Å². The number of hydrogen-bond acceptors (Lipinski definition) is 2. The summed E-state index contributed by atoms with van der Waals surface area (Å²) >= 11 is 0. The van der Waals surface area contributed by atoms with Crippen molar-refractivity contribution in [1.82, 2.24) is 4.90 Å². The summed E-state index contributed by atoms with van der Waals surface area (Å²) < 4.78 is 14.2. The van der Waals surface area contributed by atoms with Gasteiger partial charge < -0.3 is 10.0 Å². The number of rotatable bonds is 6. The fourth-order valence-electron chi connectivity index (χ4n) is 4.75. The predicted octanol–water partition coefficient (Wildman–Crippen LogP) is 6.25. The van der Waals surface area contributed by atoms with E-state index < -0.39 is 12.1 Å². The molecular formula is C26H26FNO3. The van der Waals surface area contributed by atoms with Gasteiger partial charge in [-0.15, -0.1) is 0 Å². The van der Waals surface area contributed by atoms with Gasteiger partial charge in [-0.1, -0.05) is 54.6 Å². The summed E-state index contributed by atoms with van der Waals surface area (Å²) in [6.45, 7) is 2.21. The van der Waals surface area contributed by atoms with Crippen LogP contribution >= 0.6 is 0 Å². The van der Waals surface area contributed by atoms with E-state index in [0.29, 0.717) is 24.8 Å². The van der Waals surface area contributed by atoms with Gasteiger partial charge in [-0.05, 0) is 54.7 Å². The molecule has 160 valence electrons. The second-order valence-corrected chi connectivity index (χ2v) is 8.33. The van der Waals surface area contributed by atoms with Crippen LogP contribution < -0.4 is 0 Å². The Morgan fingerprint density at radius 1 is 1.06 bits per heavy atom. The predicted molar refractivity (Wildman–Crippen MR) is 119 cm³/mol. The zero-order valence-corrected chi connectivity index (χ0v) is 17.6. The van der Waals surface area contributed by atoms with E-state index in [1.54, 1.807) is 18.2 Å². The molecule has 1 aliphatic carbocycles. The molecule has 2 atom stereocenters. The molecule has 0 saturated heterocycles. The summed E-state index contributed by atoms with van der Waals surface area (Å²) in [4.78, 5) is 25.8. The van der Waals surface area contributed by atoms with Gasteiger partial charge in [-0.3, -0.25) is 4.79 Å². The fourth-order valence-corrected chi connectivity index (χ4v) is 4.75. The van der Waals surface area contributed by atoms with Gasteiger partial charge in [0.2, 0.25) is 0 Å². The van der Waals surface area contributed by atoms with E-state index >= 15 is 0 Å². The van der Waals surface area contributed by atoms with E-state index in [1.165, 1.54) is 11.0 Å². The smallest absolute Gasteiger partial charge is 0.407 e. The first-order valence-corrected chi connectivity index (χ1v) is 10.7. The lowest BCUT2D eigenvalue weighted by molar-refractivity contribution is 0.0940. The Hall–Kier alpha value is -3.21. The highest BCUT2D eigenvalue weighted by Crippen LogP contribution is 2.32. The average molecular weight is 419 g/mol. The van der Waals surface area contributed by atoms with Gasteiger partial charge in [0, 0.05) is 23.9 Å². The third-order valence-corrected chi connectivity index (χ3v) is 6.38. The van der Waals surface area contributed by atoms with Crippen LogP contribution in [0.4, 0.5) is 9.18 Å². The van der Waals surface area contributed by atoms with Gasteiger partial charge in [0.15, 0.2) is 5.78 Å². The monoisotopic (exact) mass is 419 g/mol. The standard InChI is InChI=1S/C26H26FNO3/c1-17(20-12-13-24(27)23-11-5-4-10-22(20)23)28(26(30)31)14-6-7-18-15-19-8-2-3-9-21(19)25(29)16-18/h2-5,8-13,17-18H,6-7,14-16H2,1H3,(H,30,31)/t17-,18-/m1/s1.